The van der Waals surface area contributed by atoms with Crippen LogP contribution in [-0.4, -0.2) is 28.5 Å². The van der Waals surface area contributed by atoms with E-state index in [0.29, 0.717) is 27.3 Å². The number of hydrogen-bond donors (Lipinski definition) is 2. The maximum atomic E-state index is 13.2. The van der Waals surface area contributed by atoms with Gasteiger partial charge in [-0.25, -0.2) is 4.98 Å². The first-order valence-electron chi connectivity index (χ1n) is 10.6. The maximum Gasteiger partial charge on any atom is 0.262 e. The van der Waals surface area contributed by atoms with Crippen LogP contribution in [0.3, 0.4) is 0 Å². The van der Waals surface area contributed by atoms with Crippen molar-refractivity contribution in [3.05, 3.63) is 70.1 Å². The fraction of sp³-hybridized carbons (Fsp3) is 0.200. The first kappa shape index (κ1) is 23.2. The van der Waals surface area contributed by atoms with Gasteiger partial charge in [-0.05, 0) is 30.7 Å². The summed E-state index contributed by atoms with van der Waals surface area (Å²) in [5.41, 5.74) is 3.74. The summed E-state index contributed by atoms with van der Waals surface area (Å²) in [7, 11) is 1.50. The minimum atomic E-state index is -0.269. The standard InChI is InChI=1S/C25H24N4O4S/c1-15-4-6-17(7-5-15)19-13-34-24-23(19)25(32)29(14-26-24)11-10-22(31)28-18-8-9-21(33-3)20(12-18)27-16(2)30/h4-9,12-14H,10-11H2,1-3H3,(H,27,30)(H,28,31). The molecular weight excluding hydrogens is 452 g/mol. The predicted octanol–water partition coefficient (Wildman–Crippen LogP) is 4.43. The van der Waals surface area contributed by atoms with E-state index in [2.05, 4.69) is 15.6 Å². The number of carbonyl (C=O) groups excluding carboxylic acids is 2. The molecule has 4 rings (SSSR count). The summed E-state index contributed by atoms with van der Waals surface area (Å²) in [4.78, 5) is 42.2. The highest BCUT2D eigenvalue weighted by Crippen LogP contribution is 2.31. The number of anilines is 2. The Hall–Kier alpha value is -3.98. The second kappa shape index (κ2) is 9.88. The van der Waals surface area contributed by atoms with Crippen molar-refractivity contribution >= 4 is 44.7 Å². The van der Waals surface area contributed by atoms with Gasteiger partial charge < -0.3 is 15.4 Å². The van der Waals surface area contributed by atoms with E-state index in [-0.39, 0.29) is 30.3 Å². The molecule has 9 heteroatoms. The van der Waals surface area contributed by atoms with Crippen molar-refractivity contribution in [1.29, 1.82) is 0 Å². The van der Waals surface area contributed by atoms with Crippen LogP contribution in [0.5, 0.6) is 5.75 Å². The highest BCUT2D eigenvalue weighted by Gasteiger charge is 2.14. The summed E-state index contributed by atoms with van der Waals surface area (Å²) in [6, 6.07) is 13.0. The minimum absolute atomic E-state index is 0.0819. The van der Waals surface area contributed by atoms with Gasteiger partial charge >= 0.3 is 0 Å². The predicted molar refractivity (Wildman–Crippen MR) is 135 cm³/mol. The number of benzene rings is 2. The molecule has 8 nitrogen and oxygen atoms in total. The number of carbonyl (C=O) groups is 2. The first-order chi connectivity index (χ1) is 16.4. The van der Waals surface area contributed by atoms with Crippen LogP contribution in [0.2, 0.25) is 0 Å². The zero-order valence-electron chi connectivity index (χ0n) is 19.0. The molecule has 0 spiro atoms. The van der Waals surface area contributed by atoms with E-state index >= 15 is 0 Å². The summed E-state index contributed by atoms with van der Waals surface area (Å²) < 4.78 is 6.69. The summed E-state index contributed by atoms with van der Waals surface area (Å²) in [5, 5.41) is 7.97. The molecule has 2 aromatic heterocycles. The number of thiophene rings is 1. The van der Waals surface area contributed by atoms with Crippen LogP contribution < -0.4 is 20.9 Å². The number of amides is 2. The minimum Gasteiger partial charge on any atom is -0.495 e. The van der Waals surface area contributed by atoms with E-state index in [4.69, 9.17) is 4.74 Å². The molecule has 2 heterocycles. The highest BCUT2D eigenvalue weighted by molar-refractivity contribution is 7.17. The van der Waals surface area contributed by atoms with E-state index in [1.165, 1.54) is 36.3 Å². The molecule has 0 unspecified atom stereocenters. The Bertz CT molecular complexity index is 1420. The van der Waals surface area contributed by atoms with Crippen molar-refractivity contribution < 1.29 is 14.3 Å². The van der Waals surface area contributed by atoms with Gasteiger partial charge in [0.05, 0.1) is 24.5 Å². The van der Waals surface area contributed by atoms with Crippen molar-refractivity contribution in [3.8, 4) is 16.9 Å². The van der Waals surface area contributed by atoms with E-state index in [1.54, 1.807) is 18.2 Å². The Morgan fingerprint density at radius 1 is 1.12 bits per heavy atom. The number of methoxy groups -OCH3 is 1. The topological polar surface area (TPSA) is 102 Å². The third-order valence-electron chi connectivity index (χ3n) is 5.30. The quantitative estimate of drug-likeness (QED) is 0.411. The van der Waals surface area contributed by atoms with Gasteiger partial charge in [0, 0.05) is 36.5 Å². The van der Waals surface area contributed by atoms with Gasteiger partial charge in [-0.1, -0.05) is 29.8 Å². The van der Waals surface area contributed by atoms with Crippen molar-refractivity contribution in [1.82, 2.24) is 9.55 Å². The van der Waals surface area contributed by atoms with Gasteiger partial charge in [0.15, 0.2) is 0 Å². The molecule has 34 heavy (non-hydrogen) atoms. The van der Waals surface area contributed by atoms with E-state index in [0.717, 1.165) is 16.7 Å². The Morgan fingerprint density at radius 2 is 1.88 bits per heavy atom. The zero-order chi connectivity index (χ0) is 24.2. The summed E-state index contributed by atoms with van der Waals surface area (Å²) in [5.74, 6) is -0.0308. The first-order valence-corrected chi connectivity index (χ1v) is 11.5. The maximum absolute atomic E-state index is 13.2. The lowest BCUT2D eigenvalue weighted by Crippen LogP contribution is -2.23. The fourth-order valence-corrected chi connectivity index (χ4v) is 4.50. The van der Waals surface area contributed by atoms with E-state index in [9.17, 15) is 14.4 Å². The zero-order valence-corrected chi connectivity index (χ0v) is 19.9. The van der Waals surface area contributed by atoms with Crippen LogP contribution in [0.4, 0.5) is 11.4 Å². The molecule has 4 aromatic rings. The smallest absolute Gasteiger partial charge is 0.262 e. The lowest BCUT2D eigenvalue weighted by atomic mass is 10.1. The molecular formula is C25H24N4O4S. The number of nitrogens with one attached hydrogen (secondary N) is 2. The number of hydrogen-bond acceptors (Lipinski definition) is 6. The van der Waals surface area contributed by atoms with Crippen molar-refractivity contribution in [3.63, 3.8) is 0 Å². The molecule has 2 aromatic carbocycles. The molecule has 0 bridgehead atoms. The molecule has 0 aliphatic carbocycles. The Morgan fingerprint density at radius 3 is 2.59 bits per heavy atom. The third-order valence-corrected chi connectivity index (χ3v) is 6.18. The molecule has 0 saturated carbocycles. The molecule has 2 N–H and O–H groups in total. The number of aromatic nitrogens is 2. The van der Waals surface area contributed by atoms with Crippen LogP contribution >= 0.6 is 11.3 Å². The monoisotopic (exact) mass is 476 g/mol. The van der Waals surface area contributed by atoms with Gasteiger partial charge in [-0.15, -0.1) is 11.3 Å². The van der Waals surface area contributed by atoms with Crippen molar-refractivity contribution in [2.45, 2.75) is 26.8 Å². The Kier molecular flexibility index (Phi) is 6.74. The highest BCUT2D eigenvalue weighted by atomic mass is 32.1. The number of ether oxygens (including phenoxy) is 1. The summed E-state index contributed by atoms with van der Waals surface area (Å²) in [6.07, 6.45) is 1.56. The summed E-state index contributed by atoms with van der Waals surface area (Å²) >= 11 is 1.43. The van der Waals surface area contributed by atoms with Gasteiger partial charge in [0.2, 0.25) is 11.8 Å². The molecule has 0 atom stereocenters. The lowest BCUT2D eigenvalue weighted by molar-refractivity contribution is -0.116. The normalized spacial score (nSPS) is 10.8. The largest absolute Gasteiger partial charge is 0.495 e. The molecule has 0 aliphatic heterocycles. The van der Waals surface area contributed by atoms with Crippen LogP contribution in [0.15, 0.2) is 59.0 Å². The van der Waals surface area contributed by atoms with Crippen LogP contribution in [0.1, 0.15) is 18.9 Å². The van der Waals surface area contributed by atoms with E-state index in [1.807, 2.05) is 36.6 Å². The second-order valence-corrected chi connectivity index (χ2v) is 8.69. The van der Waals surface area contributed by atoms with Gasteiger partial charge in [0.1, 0.15) is 10.6 Å². The Balaban J connectivity index is 1.50. The number of fused-ring (bicyclic) bond motifs is 1. The van der Waals surface area contributed by atoms with Crippen LogP contribution in [0.25, 0.3) is 21.3 Å². The van der Waals surface area contributed by atoms with Gasteiger partial charge in [0.25, 0.3) is 5.56 Å². The number of nitrogens with zero attached hydrogens (tertiary/aromatic N) is 2. The average molecular weight is 477 g/mol. The number of rotatable bonds is 7. The number of aryl methyl sites for hydroxylation is 2. The van der Waals surface area contributed by atoms with E-state index < -0.39 is 0 Å². The molecule has 0 radical (unpaired) electrons. The molecule has 2 amide bonds. The van der Waals surface area contributed by atoms with Crippen molar-refractivity contribution in [2.24, 2.45) is 0 Å². The average Bonchev–Trinajstić information content (AvgIpc) is 3.24. The molecule has 0 saturated heterocycles. The lowest BCUT2D eigenvalue weighted by Gasteiger charge is -2.12. The third kappa shape index (κ3) is 4.99. The molecule has 0 fully saturated rings. The van der Waals surface area contributed by atoms with Crippen LogP contribution in [-0.2, 0) is 16.1 Å². The fourth-order valence-electron chi connectivity index (χ4n) is 3.59. The van der Waals surface area contributed by atoms with Crippen LogP contribution in [0, 0.1) is 6.92 Å². The SMILES string of the molecule is COc1ccc(NC(=O)CCn2cnc3scc(-c4ccc(C)cc4)c3c2=O)cc1NC(C)=O. The molecule has 0 aliphatic rings. The Labute approximate surface area is 200 Å². The van der Waals surface area contributed by atoms with Gasteiger partial charge in [-0.2, -0.15) is 0 Å². The van der Waals surface area contributed by atoms with Crippen molar-refractivity contribution in [2.75, 3.05) is 17.7 Å². The second-order valence-electron chi connectivity index (χ2n) is 7.83. The molecule has 174 valence electrons. The van der Waals surface area contributed by atoms with Gasteiger partial charge in [-0.3, -0.25) is 19.0 Å². The summed E-state index contributed by atoms with van der Waals surface area (Å²) in [6.45, 7) is 3.60.